The largest absolute Gasteiger partial charge is 0.329 e. The monoisotopic (exact) mass is 252 g/mol. The number of benzene rings is 1. The van der Waals surface area contributed by atoms with E-state index >= 15 is 0 Å². The maximum atomic E-state index is 6.04. The molecule has 2 N–H and O–H groups in total. The molecule has 0 amide bonds. The van der Waals surface area contributed by atoms with Crippen LogP contribution in [-0.2, 0) is 6.42 Å². The van der Waals surface area contributed by atoms with E-state index in [2.05, 4.69) is 24.1 Å². The van der Waals surface area contributed by atoms with Gasteiger partial charge in [0.15, 0.2) is 0 Å². The Morgan fingerprint density at radius 2 is 2.00 bits per heavy atom. The zero-order valence-corrected chi connectivity index (χ0v) is 11.2. The molecule has 1 aromatic carbocycles. The van der Waals surface area contributed by atoms with E-state index in [4.69, 9.17) is 17.3 Å². The summed E-state index contributed by atoms with van der Waals surface area (Å²) in [7, 11) is 2.20. The number of likely N-dealkylation sites (N-methyl/N-ethyl adjacent to an activating group) is 1. The molecule has 1 unspecified atom stereocenters. The van der Waals surface area contributed by atoms with Gasteiger partial charge in [-0.25, -0.2) is 0 Å². The molecule has 0 aromatic heterocycles. The van der Waals surface area contributed by atoms with Crippen molar-refractivity contribution in [1.82, 2.24) is 4.90 Å². The van der Waals surface area contributed by atoms with Gasteiger partial charge in [0.25, 0.3) is 0 Å². The average molecular weight is 253 g/mol. The fraction of sp³-hybridized carbons (Fsp3) is 0.571. The Labute approximate surface area is 109 Å². The third-order valence-electron chi connectivity index (χ3n) is 4.02. The van der Waals surface area contributed by atoms with Gasteiger partial charge in [-0.05, 0) is 50.6 Å². The predicted octanol–water partition coefficient (Wildman–Crippen LogP) is 2.70. The zero-order valence-electron chi connectivity index (χ0n) is 10.5. The number of nitrogens with zero attached hydrogens (tertiary/aromatic N) is 1. The first-order valence-corrected chi connectivity index (χ1v) is 6.70. The lowest BCUT2D eigenvalue weighted by Crippen LogP contribution is -2.56. The van der Waals surface area contributed by atoms with Crippen molar-refractivity contribution >= 4 is 11.6 Å². The molecule has 0 saturated carbocycles. The molecular formula is C14H21ClN2. The molecule has 2 rings (SSSR count). The first-order chi connectivity index (χ1) is 8.16. The standard InChI is InChI=1S/C14H21ClN2/c1-17-9-3-2-8-14(17,11-16)10-12-4-6-13(15)7-5-12/h4-7H,2-3,8-11,16H2,1H3. The molecule has 1 atom stereocenters. The number of piperidine rings is 1. The maximum Gasteiger partial charge on any atom is 0.0406 e. The van der Waals surface area contributed by atoms with E-state index in [9.17, 15) is 0 Å². The number of hydrogen-bond acceptors (Lipinski definition) is 2. The van der Waals surface area contributed by atoms with Crippen LogP contribution in [-0.4, -0.2) is 30.6 Å². The van der Waals surface area contributed by atoms with Crippen LogP contribution in [0.5, 0.6) is 0 Å². The second-order valence-electron chi connectivity index (χ2n) is 5.11. The van der Waals surface area contributed by atoms with Crippen molar-refractivity contribution in [1.29, 1.82) is 0 Å². The van der Waals surface area contributed by atoms with Crippen molar-refractivity contribution in [3.05, 3.63) is 34.9 Å². The van der Waals surface area contributed by atoms with Gasteiger partial charge < -0.3 is 5.73 Å². The summed E-state index contributed by atoms with van der Waals surface area (Å²) >= 11 is 5.92. The van der Waals surface area contributed by atoms with Crippen LogP contribution in [0.25, 0.3) is 0 Å². The summed E-state index contributed by atoms with van der Waals surface area (Å²) in [6, 6.07) is 8.15. The minimum atomic E-state index is 0.145. The highest BCUT2D eigenvalue weighted by molar-refractivity contribution is 6.30. The second kappa shape index (κ2) is 5.38. The molecule has 2 nitrogen and oxygen atoms in total. The molecule has 1 heterocycles. The molecule has 94 valence electrons. The van der Waals surface area contributed by atoms with Gasteiger partial charge in [-0.3, -0.25) is 4.90 Å². The number of likely N-dealkylation sites (tertiary alicyclic amines) is 1. The molecule has 1 aromatic rings. The van der Waals surface area contributed by atoms with Crippen molar-refractivity contribution in [2.45, 2.75) is 31.2 Å². The Hall–Kier alpha value is -0.570. The van der Waals surface area contributed by atoms with Crippen molar-refractivity contribution in [2.24, 2.45) is 5.73 Å². The zero-order chi connectivity index (χ0) is 12.3. The molecule has 17 heavy (non-hydrogen) atoms. The summed E-state index contributed by atoms with van der Waals surface area (Å²) in [4.78, 5) is 2.44. The lowest BCUT2D eigenvalue weighted by molar-refractivity contribution is 0.0804. The smallest absolute Gasteiger partial charge is 0.0406 e. The lowest BCUT2D eigenvalue weighted by Gasteiger charge is -2.45. The maximum absolute atomic E-state index is 6.04. The quantitative estimate of drug-likeness (QED) is 0.896. The van der Waals surface area contributed by atoms with Crippen LogP contribution in [0.3, 0.4) is 0 Å². The van der Waals surface area contributed by atoms with E-state index in [1.165, 1.54) is 24.8 Å². The fourth-order valence-electron chi connectivity index (χ4n) is 2.77. The lowest BCUT2D eigenvalue weighted by atomic mass is 9.81. The number of halogens is 1. The minimum absolute atomic E-state index is 0.145. The number of rotatable bonds is 3. The summed E-state index contributed by atoms with van der Waals surface area (Å²) in [5, 5.41) is 0.799. The second-order valence-corrected chi connectivity index (χ2v) is 5.55. The van der Waals surface area contributed by atoms with E-state index < -0.39 is 0 Å². The normalized spacial score (nSPS) is 26.1. The van der Waals surface area contributed by atoms with Gasteiger partial charge in [0.2, 0.25) is 0 Å². The third kappa shape index (κ3) is 2.82. The number of nitrogens with two attached hydrogens (primary N) is 1. The highest BCUT2D eigenvalue weighted by Crippen LogP contribution is 2.29. The van der Waals surface area contributed by atoms with Crippen LogP contribution in [0.2, 0.25) is 5.02 Å². The molecular weight excluding hydrogens is 232 g/mol. The molecule has 0 radical (unpaired) electrons. The van der Waals surface area contributed by atoms with Crippen LogP contribution in [0.15, 0.2) is 24.3 Å². The van der Waals surface area contributed by atoms with Crippen LogP contribution in [0, 0.1) is 0 Å². The van der Waals surface area contributed by atoms with Crippen LogP contribution in [0.1, 0.15) is 24.8 Å². The van der Waals surface area contributed by atoms with Crippen molar-refractivity contribution in [3.63, 3.8) is 0 Å². The van der Waals surface area contributed by atoms with Gasteiger partial charge >= 0.3 is 0 Å². The molecule has 0 aliphatic carbocycles. The Kier molecular flexibility index (Phi) is 4.08. The molecule has 1 fully saturated rings. The highest BCUT2D eigenvalue weighted by atomic mass is 35.5. The first-order valence-electron chi connectivity index (χ1n) is 6.32. The van der Waals surface area contributed by atoms with E-state index in [1.807, 2.05) is 12.1 Å². The van der Waals surface area contributed by atoms with Gasteiger partial charge in [-0.15, -0.1) is 0 Å². The van der Waals surface area contributed by atoms with Crippen LogP contribution in [0.4, 0.5) is 0 Å². The Balaban J connectivity index is 2.15. The van der Waals surface area contributed by atoms with Crippen LogP contribution < -0.4 is 5.73 Å². The highest BCUT2D eigenvalue weighted by Gasteiger charge is 2.35. The summed E-state index contributed by atoms with van der Waals surface area (Å²) in [6.07, 6.45) is 4.80. The van der Waals surface area contributed by atoms with Gasteiger partial charge in [-0.1, -0.05) is 30.2 Å². The average Bonchev–Trinajstić information content (AvgIpc) is 2.35. The molecule has 1 aliphatic heterocycles. The summed E-state index contributed by atoms with van der Waals surface area (Å²) in [5.41, 5.74) is 7.51. The van der Waals surface area contributed by atoms with Crippen molar-refractivity contribution in [2.75, 3.05) is 20.1 Å². The summed E-state index contributed by atoms with van der Waals surface area (Å²) < 4.78 is 0. The number of hydrogen-bond donors (Lipinski definition) is 1. The van der Waals surface area contributed by atoms with Gasteiger partial charge in [0, 0.05) is 17.1 Å². The topological polar surface area (TPSA) is 29.3 Å². The Morgan fingerprint density at radius 3 is 2.59 bits per heavy atom. The Morgan fingerprint density at radius 1 is 1.29 bits per heavy atom. The van der Waals surface area contributed by atoms with E-state index in [0.29, 0.717) is 0 Å². The first kappa shape index (κ1) is 12.9. The molecule has 1 aliphatic rings. The van der Waals surface area contributed by atoms with E-state index in [-0.39, 0.29) is 5.54 Å². The van der Waals surface area contributed by atoms with Crippen molar-refractivity contribution in [3.8, 4) is 0 Å². The summed E-state index contributed by atoms with van der Waals surface area (Å²) in [6.45, 7) is 1.89. The molecule has 1 saturated heterocycles. The van der Waals surface area contributed by atoms with Gasteiger partial charge in [0.1, 0.15) is 0 Å². The third-order valence-corrected chi connectivity index (χ3v) is 4.27. The van der Waals surface area contributed by atoms with Crippen LogP contribution >= 0.6 is 11.6 Å². The summed E-state index contributed by atoms with van der Waals surface area (Å²) in [5.74, 6) is 0. The van der Waals surface area contributed by atoms with E-state index in [0.717, 1.165) is 24.5 Å². The Bertz CT molecular complexity index is 363. The fourth-order valence-corrected chi connectivity index (χ4v) is 2.89. The molecule has 0 bridgehead atoms. The minimum Gasteiger partial charge on any atom is -0.329 e. The van der Waals surface area contributed by atoms with Crippen molar-refractivity contribution < 1.29 is 0 Å². The van der Waals surface area contributed by atoms with Gasteiger partial charge in [0.05, 0.1) is 0 Å². The molecule has 3 heteroatoms. The SMILES string of the molecule is CN1CCCCC1(CN)Cc1ccc(Cl)cc1. The predicted molar refractivity (Wildman–Crippen MR) is 73.4 cm³/mol. The molecule has 0 spiro atoms. The van der Waals surface area contributed by atoms with Gasteiger partial charge in [-0.2, -0.15) is 0 Å². The van der Waals surface area contributed by atoms with E-state index in [1.54, 1.807) is 0 Å².